The number of hydrogen-bond donors (Lipinski definition) is 1. The van der Waals surface area contributed by atoms with Crippen molar-refractivity contribution < 1.29 is 9.15 Å². The molecule has 1 aliphatic rings. The van der Waals surface area contributed by atoms with Gasteiger partial charge in [-0.05, 0) is 37.3 Å². The van der Waals surface area contributed by atoms with Crippen molar-refractivity contribution in [3.8, 4) is 5.75 Å². The first-order valence-corrected chi connectivity index (χ1v) is 7.73. The number of ether oxygens (including phenoxy) is 1. The number of tetrazole rings is 1. The van der Waals surface area contributed by atoms with E-state index in [2.05, 4.69) is 20.6 Å². The zero-order valence-corrected chi connectivity index (χ0v) is 12.9. The predicted molar refractivity (Wildman–Crippen MR) is 82.6 cm³/mol. The van der Waals surface area contributed by atoms with Gasteiger partial charge in [-0.1, -0.05) is 16.8 Å². The van der Waals surface area contributed by atoms with Crippen LogP contribution < -0.4 is 10.4 Å². The fourth-order valence-electron chi connectivity index (χ4n) is 2.94. The van der Waals surface area contributed by atoms with Crippen LogP contribution >= 0.6 is 11.6 Å². The van der Waals surface area contributed by atoms with E-state index in [0.717, 1.165) is 42.2 Å². The van der Waals surface area contributed by atoms with Crippen molar-refractivity contribution in [2.45, 2.75) is 32.3 Å². The highest BCUT2D eigenvalue weighted by molar-refractivity contribution is 6.32. The molecule has 0 unspecified atom stereocenters. The number of aromatic amines is 1. The average molecular weight is 333 g/mol. The lowest BCUT2D eigenvalue weighted by Gasteiger charge is -2.17. The van der Waals surface area contributed by atoms with E-state index in [-0.39, 0.29) is 12.2 Å². The van der Waals surface area contributed by atoms with Crippen molar-refractivity contribution in [2.75, 3.05) is 0 Å². The smallest absolute Gasteiger partial charge is 0.339 e. The third kappa shape index (κ3) is 2.57. The fraction of sp³-hybridized carbons (Fsp3) is 0.333. The Labute approximate surface area is 135 Å². The first-order valence-electron chi connectivity index (χ1n) is 7.35. The molecule has 7 nitrogen and oxygen atoms in total. The predicted octanol–water partition coefficient (Wildman–Crippen LogP) is 2.42. The molecule has 4 rings (SSSR count). The van der Waals surface area contributed by atoms with Crippen LogP contribution in [-0.4, -0.2) is 20.6 Å². The quantitative estimate of drug-likeness (QED) is 0.740. The molecule has 0 spiro atoms. The Morgan fingerprint density at radius 3 is 2.87 bits per heavy atom. The van der Waals surface area contributed by atoms with Gasteiger partial charge in [0.1, 0.15) is 11.3 Å². The van der Waals surface area contributed by atoms with Gasteiger partial charge in [0.15, 0.2) is 6.61 Å². The highest BCUT2D eigenvalue weighted by Crippen LogP contribution is 2.34. The summed E-state index contributed by atoms with van der Waals surface area (Å²) in [7, 11) is 0. The van der Waals surface area contributed by atoms with Crippen molar-refractivity contribution in [2.24, 2.45) is 0 Å². The van der Waals surface area contributed by atoms with Gasteiger partial charge in [-0.15, -0.1) is 10.2 Å². The lowest BCUT2D eigenvalue weighted by Crippen LogP contribution is -2.15. The third-order valence-corrected chi connectivity index (χ3v) is 4.32. The summed E-state index contributed by atoms with van der Waals surface area (Å²) in [5, 5.41) is 14.8. The van der Waals surface area contributed by atoms with Gasteiger partial charge in [-0.2, -0.15) is 5.21 Å². The van der Waals surface area contributed by atoms with Gasteiger partial charge in [0.05, 0.1) is 5.02 Å². The van der Waals surface area contributed by atoms with Crippen LogP contribution in [0.5, 0.6) is 5.75 Å². The fourth-order valence-corrected chi connectivity index (χ4v) is 3.16. The van der Waals surface area contributed by atoms with Crippen LogP contribution in [0, 0.1) is 0 Å². The number of H-pyrrole nitrogens is 1. The molecule has 118 valence electrons. The zero-order valence-electron chi connectivity index (χ0n) is 12.1. The summed E-state index contributed by atoms with van der Waals surface area (Å²) in [5.74, 6) is 0.830. The lowest BCUT2D eigenvalue weighted by molar-refractivity contribution is 0.296. The van der Waals surface area contributed by atoms with E-state index in [9.17, 15) is 4.79 Å². The minimum Gasteiger partial charge on any atom is -0.484 e. The first-order chi connectivity index (χ1) is 11.2. The molecule has 1 aliphatic carbocycles. The Morgan fingerprint density at radius 2 is 2.09 bits per heavy atom. The molecule has 0 saturated heterocycles. The van der Waals surface area contributed by atoms with E-state index in [0.29, 0.717) is 22.2 Å². The zero-order chi connectivity index (χ0) is 15.8. The summed E-state index contributed by atoms with van der Waals surface area (Å²) in [4.78, 5) is 12.1. The summed E-state index contributed by atoms with van der Waals surface area (Å²) in [6.07, 6.45) is 3.72. The standard InChI is InChI=1S/C15H13ClN4O3/c16-11-5-10-8-3-1-2-4-9(8)15(21)23-12(10)6-13(11)22-7-14-17-19-20-18-14/h5-6H,1-4,7H2,(H,17,18,19,20). The minimum atomic E-state index is -0.265. The normalized spacial score (nSPS) is 14.0. The Kier molecular flexibility index (Phi) is 3.49. The molecule has 23 heavy (non-hydrogen) atoms. The Morgan fingerprint density at radius 1 is 1.26 bits per heavy atom. The van der Waals surface area contributed by atoms with Crippen LogP contribution in [0.25, 0.3) is 11.0 Å². The Balaban J connectivity index is 1.76. The van der Waals surface area contributed by atoms with E-state index in [1.54, 1.807) is 12.1 Å². The number of aromatic nitrogens is 4. The summed E-state index contributed by atoms with van der Waals surface area (Å²) < 4.78 is 11.0. The van der Waals surface area contributed by atoms with E-state index < -0.39 is 0 Å². The van der Waals surface area contributed by atoms with E-state index in [1.807, 2.05) is 0 Å². The maximum Gasteiger partial charge on any atom is 0.339 e. The molecule has 8 heteroatoms. The van der Waals surface area contributed by atoms with Gasteiger partial charge in [0.25, 0.3) is 0 Å². The maximum absolute atomic E-state index is 12.1. The summed E-state index contributed by atoms with van der Waals surface area (Å²) >= 11 is 6.32. The van der Waals surface area contributed by atoms with E-state index in [4.69, 9.17) is 20.8 Å². The van der Waals surface area contributed by atoms with Crippen LogP contribution in [0.1, 0.15) is 29.8 Å². The van der Waals surface area contributed by atoms with Crippen LogP contribution in [0.2, 0.25) is 5.02 Å². The minimum absolute atomic E-state index is 0.122. The van der Waals surface area contributed by atoms with Gasteiger partial charge in [-0.3, -0.25) is 0 Å². The molecule has 0 atom stereocenters. The highest BCUT2D eigenvalue weighted by atomic mass is 35.5. The number of hydrogen-bond acceptors (Lipinski definition) is 6. The Hall–Kier alpha value is -2.41. The van der Waals surface area contributed by atoms with Gasteiger partial charge < -0.3 is 9.15 Å². The lowest BCUT2D eigenvalue weighted by atomic mass is 9.91. The molecule has 0 saturated carbocycles. The summed E-state index contributed by atoms with van der Waals surface area (Å²) in [5.41, 5.74) is 2.05. The molecule has 0 amide bonds. The number of fused-ring (bicyclic) bond motifs is 3. The second-order valence-corrected chi connectivity index (χ2v) is 5.86. The van der Waals surface area contributed by atoms with Crippen molar-refractivity contribution >= 4 is 22.6 Å². The number of nitrogens with one attached hydrogen (secondary N) is 1. The molecular formula is C15H13ClN4O3. The van der Waals surface area contributed by atoms with Crippen molar-refractivity contribution in [3.63, 3.8) is 0 Å². The van der Waals surface area contributed by atoms with Gasteiger partial charge >= 0.3 is 5.63 Å². The number of nitrogens with zero attached hydrogens (tertiary/aromatic N) is 3. The molecule has 2 heterocycles. The third-order valence-electron chi connectivity index (χ3n) is 4.02. The summed E-state index contributed by atoms with van der Waals surface area (Å²) in [6.45, 7) is 0.122. The molecule has 0 bridgehead atoms. The van der Waals surface area contributed by atoms with Crippen LogP contribution in [0.4, 0.5) is 0 Å². The van der Waals surface area contributed by atoms with Gasteiger partial charge in [0, 0.05) is 17.0 Å². The van der Waals surface area contributed by atoms with E-state index >= 15 is 0 Å². The van der Waals surface area contributed by atoms with Crippen molar-refractivity contribution in [1.82, 2.24) is 20.6 Å². The monoisotopic (exact) mass is 332 g/mol. The second-order valence-electron chi connectivity index (χ2n) is 5.45. The summed E-state index contributed by atoms with van der Waals surface area (Å²) in [6, 6.07) is 3.45. The molecular weight excluding hydrogens is 320 g/mol. The van der Waals surface area contributed by atoms with E-state index in [1.165, 1.54) is 0 Å². The maximum atomic E-state index is 12.1. The van der Waals surface area contributed by atoms with Gasteiger partial charge in [0.2, 0.25) is 5.82 Å². The number of halogens is 1. The molecule has 2 aromatic heterocycles. The SMILES string of the molecule is O=c1oc2cc(OCc3nn[nH]n3)c(Cl)cc2c2c1CCCC2. The number of benzene rings is 1. The molecule has 1 N–H and O–H groups in total. The molecule has 0 aliphatic heterocycles. The largest absolute Gasteiger partial charge is 0.484 e. The van der Waals surface area contributed by atoms with Gasteiger partial charge in [-0.25, -0.2) is 4.79 Å². The van der Waals surface area contributed by atoms with Crippen molar-refractivity contribution in [3.05, 3.63) is 44.5 Å². The van der Waals surface area contributed by atoms with Crippen molar-refractivity contribution in [1.29, 1.82) is 0 Å². The topological polar surface area (TPSA) is 93.9 Å². The number of aryl methyl sites for hydroxylation is 1. The molecule has 0 radical (unpaired) electrons. The number of rotatable bonds is 3. The van der Waals surface area contributed by atoms with Crippen LogP contribution in [0.15, 0.2) is 21.3 Å². The second kappa shape index (κ2) is 5.66. The molecule has 1 aromatic carbocycles. The first kappa shape index (κ1) is 14.2. The molecule has 0 fully saturated rings. The van der Waals surface area contributed by atoms with Crippen LogP contribution in [-0.2, 0) is 19.4 Å². The highest BCUT2D eigenvalue weighted by Gasteiger charge is 2.19. The molecule has 3 aromatic rings. The van der Waals surface area contributed by atoms with Crippen LogP contribution in [0.3, 0.4) is 0 Å². The average Bonchev–Trinajstić information content (AvgIpc) is 3.08. The Bertz CT molecular complexity index is 921.